The molecule has 0 aliphatic carbocycles. The maximum atomic E-state index is 12.9. The van der Waals surface area contributed by atoms with Crippen molar-refractivity contribution in [2.75, 3.05) is 18.5 Å². The summed E-state index contributed by atoms with van der Waals surface area (Å²) >= 11 is 6.31. The van der Waals surface area contributed by atoms with Crippen LogP contribution in [0, 0.1) is 13.8 Å². The van der Waals surface area contributed by atoms with Crippen LogP contribution < -0.4 is 14.8 Å². The van der Waals surface area contributed by atoms with E-state index in [2.05, 4.69) is 9.88 Å². The van der Waals surface area contributed by atoms with E-state index in [-0.39, 0.29) is 5.91 Å². The molecule has 3 aromatic rings. The Morgan fingerprint density at radius 3 is 2.41 bits per heavy atom. The number of anilines is 1. The van der Waals surface area contributed by atoms with Gasteiger partial charge in [0.25, 0.3) is 5.91 Å². The number of carbonyl (C=O) groups is 1. The lowest BCUT2D eigenvalue weighted by Crippen LogP contribution is -2.17. The average molecular weight is 383 g/mol. The van der Waals surface area contributed by atoms with E-state index in [0.29, 0.717) is 41.0 Å². The first-order valence-electron chi connectivity index (χ1n) is 8.69. The molecule has 1 aliphatic rings. The zero-order chi connectivity index (χ0) is 19.0. The van der Waals surface area contributed by atoms with Gasteiger partial charge >= 0.3 is 0 Å². The van der Waals surface area contributed by atoms with Crippen LogP contribution >= 0.6 is 11.6 Å². The quantitative estimate of drug-likeness (QED) is 0.709. The molecule has 0 fully saturated rings. The highest BCUT2D eigenvalue weighted by Gasteiger charge is 2.20. The van der Waals surface area contributed by atoms with E-state index in [1.165, 1.54) is 0 Å². The van der Waals surface area contributed by atoms with Crippen LogP contribution in [-0.4, -0.2) is 23.7 Å². The molecule has 138 valence electrons. The Hall–Kier alpha value is -2.92. The molecular weight excluding hydrogens is 364 g/mol. The average Bonchev–Trinajstić information content (AvgIpc) is 2.97. The molecule has 0 unspecified atom stereocenters. The summed E-state index contributed by atoms with van der Waals surface area (Å²) in [6.45, 7) is 4.87. The Labute approximate surface area is 162 Å². The van der Waals surface area contributed by atoms with E-state index in [4.69, 9.17) is 21.1 Å². The summed E-state index contributed by atoms with van der Waals surface area (Å²) in [6.07, 6.45) is 0. The number of benzene rings is 2. The zero-order valence-electron chi connectivity index (χ0n) is 15.1. The fraction of sp³-hybridized carbons (Fsp3) is 0.190. The van der Waals surface area contributed by atoms with Crippen LogP contribution in [0.5, 0.6) is 11.5 Å². The van der Waals surface area contributed by atoms with Gasteiger partial charge in [-0.1, -0.05) is 29.8 Å². The number of halogens is 1. The number of hydrogen-bond acceptors (Lipinski definition) is 3. The molecule has 0 saturated heterocycles. The van der Waals surface area contributed by atoms with Crippen molar-refractivity contribution in [2.45, 2.75) is 13.8 Å². The Kier molecular flexibility index (Phi) is 4.54. The smallest absolute Gasteiger partial charge is 0.257 e. The molecule has 2 aromatic carbocycles. The van der Waals surface area contributed by atoms with Crippen LogP contribution in [0.15, 0.2) is 48.5 Å². The van der Waals surface area contributed by atoms with E-state index in [9.17, 15) is 4.79 Å². The van der Waals surface area contributed by atoms with Gasteiger partial charge in [-0.15, -0.1) is 0 Å². The molecule has 0 atom stereocenters. The van der Waals surface area contributed by atoms with Crippen molar-refractivity contribution < 1.29 is 14.3 Å². The second kappa shape index (κ2) is 7.00. The Bertz CT molecular complexity index is 1010. The van der Waals surface area contributed by atoms with E-state index in [1.54, 1.807) is 12.1 Å². The van der Waals surface area contributed by atoms with Gasteiger partial charge in [-0.25, -0.2) is 0 Å². The van der Waals surface area contributed by atoms with Crippen molar-refractivity contribution in [3.05, 3.63) is 70.5 Å². The highest BCUT2D eigenvalue weighted by atomic mass is 35.5. The van der Waals surface area contributed by atoms with Crippen molar-refractivity contribution in [3.63, 3.8) is 0 Å². The number of ether oxygens (including phenoxy) is 2. The zero-order valence-corrected chi connectivity index (χ0v) is 15.8. The van der Waals surface area contributed by atoms with Gasteiger partial charge in [-0.2, -0.15) is 0 Å². The fourth-order valence-electron chi connectivity index (χ4n) is 3.32. The van der Waals surface area contributed by atoms with Crippen LogP contribution in [0.4, 0.5) is 5.69 Å². The molecule has 1 amide bonds. The molecule has 0 spiro atoms. The van der Waals surface area contributed by atoms with Crippen molar-refractivity contribution in [1.82, 2.24) is 4.57 Å². The lowest BCUT2D eigenvalue weighted by atomic mass is 10.2. The summed E-state index contributed by atoms with van der Waals surface area (Å²) in [5.41, 5.74) is 3.96. The van der Waals surface area contributed by atoms with Gasteiger partial charge in [0, 0.05) is 29.2 Å². The number of nitrogens with one attached hydrogen (secondary N) is 1. The molecule has 0 bridgehead atoms. The highest BCUT2D eigenvalue weighted by molar-refractivity contribution is 6.34. The number of hydrogen-bond donors (Lipinski definition) is 1. The third-order valence-corrected chi connectivity index (χ3v) is 4.88. The van der Waals surface area contributed by atoms with Crippen LogP contribution in [0.3, 0.4) is 0 Å². The summed E-state index contributed by atoms with van der Waals surface area (Å²) in [5.74, 6) is 0.950. The Morgan fingerprint density at radius 1 is 1.04 bits per heavy atom. The van der Waals surface area contributed by atoms with Crippen molar-refractivity contribution in [1.29, 1.82) is 0 Å². The molecule has 5 nitrogen and oxygen atoms in total. The second-order valence-electron chi connectivity index (χ2n) is 6.39. The minimum atomic E-state index is -0.219. The minimum Gasteiger partial charge on any atom is -0.486 e. The number of aromatic nitrogens is 1. The molecule has 6 heteroatoms. The van der Waals surface area contributed by atoms with Crippen LogP contribution in [0.2, 0.25) is 5.02 Å². The van der Waals surface area contributed by atoms with E-state index in [1.807, 2.05) is 50.2 Å². The minimum absolute atomic E-state index is 0.219. The van der Waals surface area contributed by atoms with Gasteiger partial charge in [0.2, 0.25) is 0 Å². The monoisotopic (exact) mass is 382 g/mol. The predicted molar refractivity (Wildman–Crippen MR) is 106 cm³/mol. The van der Waals surface area contributed by atoms with Gasteiger partial charge in [-0.3, -0.25) is 4.79 Å². The van der Waals surface area contributed by atoms with E-state index < -0.39 is 0 Å². The molecule has 0 radical (unpaired) electrons. The van der Waals surface area contributed by atoms with Crippen molar-refractivity contribution in [3.8, 4) is 17.2 Å². The summed E-state index contributed by atoms with van der Waals surface area (Å²) in [5, 5.41) is 3.30. The molecule has 1 aromatic heterocycles. The summed E-state index contributed by atoms with van der Waals surface area (Å²) < 4.78 is 13.1. The third-order valence-electron chi connectivity index (χ3n) is 4.57. The van der Waals surface area contributed by atoms with E-state index >= 15 is 0 Å². The van der Waals surface area contributed by atoms with Crippen LogP contribution in [0.25, 0.3) is 5.69 Å². The van der Waals surface area contributed by atoms with Gasteiger partial charge in [0.05, 0.1) is 16.3 Å². The summed E-state index contributed by atoms with van der Waals surface area (Å²) in [6, 6.07) is 15.2. The molecule has 1 N–H and O–H groups in total. The topological polar surface area (TPSA) is 52.5 Å². The van der Waals surface area contributed by atoms with Crippen molar-refractivity contribution in [2.24, 2.45) is 0 Å². The number of nitrogens with zero attached hydrogens (tertiary/aromatic N) is 1. The predicted octanol–water partition coefficient (Wildman–Crippen LogP) is 4.77. The molecular formula is C21H19ClN2O3. The third kappa shape index (κ3) is 3.26. The molecule has 27 heavy (non-hydrogen) atoms. The summed E-state index contributed by atoms with van der Waals surface area (Å²) in [7, 11) is 0. The number of carbonyl (C=O) groups excluding carboxylic acids is 1. The van der Waals surface area contributed by atoms with Crippen LogP contribution in [-0.2, 0) is 0 Å². The van der Waals surface area contributed by atoms with E-state index in [0.717, 1.165) is 17.1 Å². The fourth-order valence-corrected chi connectivity index (χ4v) is 3.52. The van der Waals surface area contributed by atoms with Crippen LogP contribution in [0.1, 0.15) is 21.7 Å². The largest absolute Gasteiger partial charge is 0.486 e. The lowest BCUT2D eigenvalue weighted by Gasteiger charge is -2.20. The van der Waals surface area contributed by atoms with Gasteiger partial charge < -0.3 is 19.4 Å². The Morgan fingerprint density at radius 2 is 1.70 bits per heavy atom. The summed E-state index contributed by atoms with van der Waals surface area (Å²) in [4.78, 5) is 12.9. The van der Waals surface area contributed by atoms with Crippen molar-refractivity contribution >= 4 is 23.2 Å². The molecule has 1 aliphatic heterocycles. The first-order chi connectivity index (χ1) is 13.0. The molecule has 4 rings (SSSR count). The maximum absolute atomic E-state index is 12.9. The number of para-hydroxylation sites is 1. The highest BCUT2D eigenvalue weighted by Crippen LogP contribution is 2.38. The number of aryl methyl sites for hydroxylation is 1. The molecule has 0 saturated carbocycles. The SMILES string of the molecule is Cc1cc(C(=O)Nc2cc3c(cc2Cl)OCCO3)c(C)n1-c1ccccc1. The molecule has 2 heterocycles. The lowest BCUT2D eigenvalue weighted by molar-refractivity contribution is 0.102. The standard InChI is InChI=1S/C21H19ClN2O3/c1-13-10-16(14(2)24(13)15-6-4-3-5-7-15)21(25)23-18-12-20-19(11-17(18)22)26-8-9-27-20/h3-7,10-12H,8-9H2,1-2H3,(H,23,25). The Balaban J connectivity index is 1.65. The maximum Gasteiger partial charge on any atom is 0.257 e. The first-order valence-corrected chi connectivity index (χ1v) is 9.07. The first kappa shape index (κ1) is 17.5. The van der Waals surface area contributed by atoms with Gasteiger partial charge in [0.1, 0.15) is 13.2 Å². The van der Waals surface area contributed by atoms with Gasteiger partial charge in [0.15, 0.2) is 11.5 Å². The number of fused-ring (bicyclic) bond motifs is 1. The number of rotatable bonds is 3. The second-order valence-corrected chi connectivity index (χ2v) is 6.79. The number of amides is 1. The van der Waals surface area contributed by atoms with Gasteiger partial charge in [-0.05, 0) is 32.0 Å². The normalized spacial score (nSPS) is 12.7.